The number of rotatable bonds is 2. The second kappa shape index (κ2) is 6.50. The second-order valence-electron chi connectivity index (χ2n) is 8.33. The molecule has 24 heavy (non-hydrogen) atoms. The first-order valence-corrected chi connectivity index (χ1v) is 14.1. The predicted molar refractivity (Wildman–Crippen MR) is 109 cm³/mol. The van der Waals surface area contributed by atoms with E-state index in [4.69, 9.17) is 0 Å². The van der Waals surface area contributed by atoms with Gasteiger partial charge in [-0.1, -0.05) is 0 Å². The Morgan fingerprint density at radius 3 is 2.25 bits per heavy atom. The van der Waals surface area contributed by atoms with Crippen molar-refractivity contribution in [1.82, 2.24) is 0 Å². The first-order valence-electron chi connectivity index (χ1n) is 8.50. The van der Waals surface area contributed by atoms with Crippen LogP contribution in [0.25, 0.3) is 5.57 Å². The monoisotopic (exact) mass is 450 g/mol. The van der Waals surface area contributed by atoms with Crippen molar-refractivity contribution in [3.05, 3.63) is 70.8 Å². The molecular weight excluding hydrogens is 422 g/mol. The van der Waals surface area contributed by atoms with Gasteiger partial charge in [0.05, 0.1) is 0 Å². The van der Waals surface area contributed by atoms with E-state index in [1.807, 2.05) is 0 Å². The number of fused-ring (bicyclic) bond motifs is 1. The summed E-state index contributed by atoms with van der Waals surface area (Å²) in [6, 6.07) is 16.2. The third kappa shape index (κ3) is 3.44. The molecule has 0 fully saturated rings. The maximum atomic E-state index is 2.75. The van der Waals surface area contributed by atoms with E-state index in [0.717, 1.165) is 6.42 Å². The van der Waals surface area contributed by atoms with Gasteiger partial charge in [0.25, 0.3) is 0 Å². The van der Waals surface area contributed by atoms with Crippen molar-refractivity contribution in [1.29, 1.82) is 0 Å². The molecule has 2 aromatic carbocycles. The van der Waals surface area contributed by atoms with Crippen molar-refractivity contribution in [2.45, 2.75) is 51.9 Å². The van der Waals surface area contributed by atoms with Gasteiger partial charge in [-0.05, 0) is 0 Å². The fourth-order valence-electron chi connectivity index (χ4n) is 3.38. The van der Waals surface area contributed by atoms with Crippen LogP contribution in [0.5, 0.6) is 0 Å². The Hall–Kier alpha value is -0.781. The van der Waals surface area contributed by atoms with Crippen LogP contribution in [0.2, 0.25) is 0 Å². The van der Waals surface area contributed by atoms with Gasteiger partial charge < -0.3 is 0 Å². The van der Waals surface area contributed by atoms with Crippen molar-refractivity contribution in [2.75, 3.05) is 0 Å². The molecule has 0 unspecified atom stereocenters. The molecule has 0 spiro atoms. The number of benzene rings is 2. The second-order valence-corrected chi connectivity index (χ2v) is 11.7. The Labute approximate surface area is 159 Å². The number of hydrogen-bond donors (Lipinski definition) is 0. The molecule has 0 amide bonds. The van der Waals surface area contributed by atoms with Gasteiger partial charge in [-0.15, -0.1) is 0 Å². The van der Waals surface area contributed by atoms with Crippen molar-refractivity contribution < 1.29 is 0 Å². The van der Waals surface area contributed by atoms with E-state index in [9.17, 15) is 0 Å². The molecule has 1 aliphatic rings. The van der Waals surface area contributed by atoms with Crippen LogP contribution < -0.4 is 4.46 Å². The predicted octanol–water partition coefficient (Wildman–Crippen LogP) is 4.24. The van der Waals surface area contributed by atoms with Crippen LogP contribution in [0, 0.1) is 0 Å². The Bertz CT molecular complexity index is 775. The molecule has 0 aromatic heterocycles. The first-order chi connectivity index (χ1) is 11.2. The molecule has 2 heteroatoms. The molecular formula is C22H26Se2. The van der Waals surface area contributed by atoms with Gasteiger partial charge in [0, 0.05) is 0 Å². The van der Waals surface area contributed by atoms with Gasteiger partial charge in [-0.25, -0.2) is 0 Å². The molecule has 1 aliphatic carbocycles. The summed E-state index contributed by atoms with van der Waals surface area (Å²) in [5.74, 6) is 0. The van der Waals surface area contributed by atoms with Crippen molar-refractivity contribution >= 4 is 37.4 Å². The molecule has 0 N–H and O–H groups in total. The van der Waals surface area contributed by atoms with Crippen LogP contribution in [0.15, 0.2) is 48.5 Å². The van der Waals surface area contributed by atoms with Crippen LogP contribution in [-0.4, -0.2) is 27.3 Å². The van der Waals surface area contributed by atoms with E-state index in [-0.39, 0.29) is 10.8 Å². The number of hydrogen-bond acceptors (Lipinski definition) is 0. The molecule has 0 saturated carbocycles. The first kappa shape index (κ1) is 18.0. The van der Waals surface area contributed by atoms with Crippen LogP contribution in [0.4, 0.5) is 0 Å². The van der Waals surface area contributed by atoms with Crippen LogP contribution in [0.3, 0.4) is 0 Å². The average Bonchev–Trinajstić information content (AvgIpc) is 2.54. The van der Waals surface area contributed by atoms with Gasteiger partial charge >= 0.3 is 160 Å². The Morgan fingerprint density at radius 2 is 1.67 bits per heavy atom. The van der Waals surface area contributed by atoms with E-state index in [0.29, 0.717) is 13.1 Å². The number of allylic oxidation sites excluding steroid dienone is 1. The summed E-state index contributed by atoms with van der Waals surface area (Å²) in [7, 11) is 0. The zero-order chi connectivity index (χ0) is 17.5. The van der Waals surface area contributed by atoms with Crippen molar-refractivity contribution in [3.63, 3.8) is 0 Å². The molecule has 0 heterocycles. The van der Waals surface area contributed by atoms with Crippen molar-refractivity contribution in [2.24, 2.45) is 0 Å². The van der Waals surface area contributed by atoms with Gasteiger partial charge in [-0.3, -0.25) is 0 Å². The quantitative estimate of drug-likeness (QED) is 0.603. The summed E-state index contributed by atoms with van der Waals surface area (Å²) in [5, 5.41) is 0. The van der Waals surface area contributed by atoms with E-state index >= 15 is 0 Å². The zero-order valence-corrected chi connectivity index (χ0v) is 18.8. The Kier molecular flexibility index (Phi) is 4.88. The summed E-state index contributed by atoms with van der Waals surface area (Å²) in [4.78, 5) is 0. The van der Waals surface area contributed by atoms with Gasteiger partial charge in [0.2, 0.25) is 0 Å². The molecule has 0 saturated heterocycles. The minimum atomic E-state index is 0.204. The summed E-state index contributed by atoms with van der Waals surface area (Å²) >= 11 is 3.25. The molecule has 3 rings (SSSR count). The van der Waals surface area contributed by atoms with Gasteiger partial charge in [-0.2, -0.15) is 0 Å². The average molecular weight is 448 g/mol. The standard InChI is InChI=1S/C22H26Se2/c1-21(2,3)16-8-6-15(7-9-16)18-12-13-22(4,5)20-14-17(24-23)10-11-19(18)20/h6-12,14,23H,13H2,1-5H3. The molecule has 126 valence electrons. The SMILES string of the molecule is CC(C)(C)c1ccc(C2=CCC(C)(C)c3cc([Se][SeH])ccc32)cc1. The van der Waals surface area contributed by atoms with E-state index in [2.05, 4.69) is 97.3 Å². The summed E-state index contributed by atoms with van der Waals surface area (Å²) in [6.45, 7) is 11.5. The molecule has 0 bridgehead atoms. The van der Waals surface area contributed by atoms with Gasteiger partial charge in [0.15, 0.2) is 0 Å². The van der Waals surface area contributed by atoms with Crippen molar-refractivity contribution in [3.8, 4) is 0 Å². The summed E-state index contributed by atoms with van der Waals surface area (Å²) in [6.07, 6.45) is 3.53. The van der Waals surface area contributed by atoms with Crippen LogP contribution >= 0.6 is 0 Å². The van der Waals surface area contributed by atoms with Crippen LogP contribution in [0.1, 0.15) is 63.3 Å². The van der Waals surface area contributed by atoms with Gasteiger partial charge in [0.1, 0.15) is 0 Å². The third-order valence-corrected chi connectivity index (χ3v) is 8.27. The van der Waals surface area contributed by atoms with E-state index in [1.165, 1.54) is 32.3 Å². The normalized spacial score (nSPS) is 16.5. The van der Waals surface area contributed by atoms with E-state index in [1.54, 1.807) is 0 Å². The maximum absolute atomic E-state index is 2.75. The Balaban J connectivity index is 2.06. The minimum absolute atomic E-state index is 0.204. The summed E-state index contributed by atoms with van der Waals surface area (Å²) in [5.41, 5.74) is 7.47. The molecule has 0 nitrogen and oxygen atoms in total. The third-order valence-electron chi connectivity index (χ3n) is 4.99. The molecule has 0 aliphatic heterocycles. The topological polar surface area (TPSA) is 0 Å². The summed E-state index contributed by atoms with van der Waals surface area (Å²) < 4.78 is 1.47. The van der Waals surface area contributed by atoms with Crippen LogP contribution in [-0.2, 0) is 10.8 Å². The fourth-order valence-corrected chi connectivity index (χ4v) is 5.24. The van der Waals surface area contributed by atoms with E-state index < -0.39 is 0 Å². The Morgan fingerprint density at radius 1 is 1.00 bits per heavy atom. The molecule has 0 atom stereocenters. The molecule has 0 radical (unpaired) electrons. The molecule has 2 aromatic rings. The zero-order valence-electron chi connectivity index (χ0n) is 15.2. The fraction of sp³-hybridized carbons (Fsp3) is 0.364.